The Hall–Kier alpha value is -2.82. The highest BCUT2D eigenvalue weighted by Crippen LogP contribution is 2.35. The van der Waals surface area contributed by atoms with E-state index in [-0.39, 0.29) is 18.5 Å². The Morgan fingerprint density at radius 3 is 2.38 bits per heavy atom. The summed E-state index contributed by atoms with van der Waals surface area (Å²) in [5.41, 5.74) is 0.646. The molecule has 2 aromatic carbocycles. The van der Waals surface area contributed by atoms with Crippen LogP contribution in [0.3, 0.4) is 0 Å². The number of nitrogens with one attached hydrogen (secondary N) is 1. The molecule has 5 nitrogen and oxygen atoms in total. The van der Waals surface area contributed by atoms with Gasteiger partial charge in [0.15, 0.2) is 0 Å². The minimum absolute atomic E-state index is 0.194. The Morgan fingerprint density at radius 2 is 1.69 bits per heavy atom. The van der Waals surface area contributed by atoms with Crippen LogP contribution in [0, 0.1) is 0 Å². The van der Waals surface area contributed by atoms with Crippen LogP contribution in [0.25, 0.3) is 0 Å². The molecular weight excluding hydrogens is 328 g/mol. The minimum Gasteiger partial charge on any atom is -0.494 e. The van der Waals surface area contributed by atoms with Crippen molar-refractivity contribution in [3.63, 3.8) is 0 Å². The van der Waals surface area contributed by atoms with E-state index >= 15 is 0 Å². The third-order valence-corrected chi connectivity index (χ3v) is 4.67. The van der Waals surface area contributed by atoms with E-state index < -0.39 is 5.54 Å². The van der Waals surface area contributed by atoms with Crippen molar-refractivity contribution in [1.29, 1.82) is 0 Å². The summed E-state index contributed by atoms with van der Waals surface area (Å²) in [6.45, 7) is 4.64. The molecule has 136 valence electrons. The maximum Gasteiger partial charge on any atom is 0.325 e. The van der Waals surface area contributed by atoms with Crippen LogP contribution in [0.2, 0.25) is 0 Å². The van der Waals surface area contributed by atoms with Gasteiger partial charge >= 0.3 is 6.03 Å². The predicted molar refractivity (Wildman–Crippen MR) is 99.7 cm³/mol. The molecular formula is C21H24N2O3. The van der Waals surface area contributed by atoms with Crippen molar-refractivity contribution in [2.75, 3.05) is 6.61 Å². The van der Waals surface area contributed by atoms with Crippen molar-refractivity contribution < 1.29 is 14.3 Å². The van der Waals surface area contributed by atoms with E-state index in [0.717, 1.165) is 17.5 Å². The predicted octanol–water partition coefficient (Wildman–Crippen LogP) is 3.83. The van der Waals surface area contributed by atoms with Gasteiger partial charge in [0.25, 0.3) is 5.91 Å². The zero-order valence-electron chi connectivity index (χ0n) is 15.2. The van der Waals surface area contributed by atoms with Gasteiger partial charge in [0.1, 0.15) is 11.3 Å². The Balaban J connectivity index is 1.93. The Bertz CT molecular complexity index is 791. The average molecular weight is 352 g/mol. The van der Waals surface area contributed by atoms with E-state index in [1.54, 1.807) is 0 Å². The van der Waals surface area contributed by atoms with Gasteiger partial charge in [0.2, 0.25) is 0 Å². The number of para-hydroxylation sites is 1. The Labute approximate surface area is 154 Å². The lowest BCUT2D eigenvalue weighted by atomic mass is 9.85. The second kappa shape index (κ2) is 7.60. The second-order valence-electron chi connectivity index (χ2n) is 6.38. The summed E-state index contributed by atoms with van der Waals surface area (Å²) in [5.74, 6) is 0.491. The van der Waals surface area contributed by atoms with Gasteiger partial charge in [-0.15, -0.1) is 0 Å². The summed E-state index contributed by atoms with van der Waals surface area (Å²) < 4.78 is 5.63. The number of hydrogen-bond donors (Lipinski definition) is 1. The van der Waals surface area contributed by atoms with Crippen molar-refractivity contribution in [2.45, 2.75) is 38.8 Å². The van der Waals surface area contributed by atoms with Crippen LogP contribution < -0.4 is 10.1 Å². The molecule has 1 aliphatic rings. The van der Waals surface area contributed by atoms with E-state index in [1.165, 1.54) is 4.90 Å². The zero-order valence-corrected chi connectivity index (χ0v) is 15.2. The number of hydrogen-bond acceptors (Lipinski definition) is 3. The average Bonchev–Trinajstić information content (AvgIpc) is 2.90. The highest BCUT2D eigenvalue weighted by molar-refractivity contribution is 6.07. The number of nitrogens with zero attached hydrogens (tertiary/aromatic N) is 1. The summed E-state index contributed by atoms with van der Waals surface area (Å²) >= 11 is 0. The molecule has 2 aromatic rings. The highest BCUT2D eigenvalue weighted by Gasteiger charge is 2.51. The van der Waals surface area contributed by atoms with Crippen LogP contribution in [-0.4, -0.2) is 23.4 Å². The molecule has 1 fully saturated rings. The maximum atomic E-state index is 13.3. The smallest absolute Gasteiger partial charge is 0.325 e. The van der Waals surface area contributed by atoms with Gasteiger partial charge < -0.3 is 10.1 Å². The minimum atomic E-state index is -0.992. The van der Waals surface area contributed by atoms with Crippen LogP contribution in [-0.2, 0) is 16.9 Å². The number of rotatable bonds is 7. The topological polar surface area (TPSA) is 58.6 Å². The highest BCUT2D eigenvalue weighted by atomic mass is 16.5. The number of urea groups is 1. The third kappa shape index (κ3) is 3.17. The summed E-state index contributed by atoms with van der Waals surface area (Å²) in [7, 11) is 0. The van der Waals surface area contributed by atoms with Gasteiger partial charge in [-0.3, -0.25) is 9.69 Å². The number of imide groups is 1. The molecule has 0 aliphatic carbocycles. The van der Waals surface area contributed by atoms with Gasteiger partial charge in [-0.2, -0.15) is 0 Å². The van der Waals surface area contributed by atoms with E-state index in [4.69, 9.17) is 4.74 Å². The molecule has 1 atom stereocenters. The van der Waals surface area contributed by atoms with Gasteiger partial charge in [-0.25, -0.2) is 4.79 Å². The van der Waals surface area contributed by atoms with Crippen LogP contribution in [0.4, 0.5) is 4.79 Å². The van der Waals surface area contributed by atoms with Crippen LogP contribution in [0.15, 0.2) is 54.6 Å². The SMILES string of the molecule is CCC[C@@]1(c2ccccc2)NC(=O)N(Cc2ccccc2OCC)C1=O. The molecule has 0 radical (unpaired) electrons. The van der Waals surface area contributed by atoms with Crippen molar-refractivity contribution >= 4 is 11.9 Å². The number of carbonyl (C=O) groups is 2. The Morgan fingerprint density at radius 1 is 1.00 bits per heavy atom. The van der Waals surface area contributed by atoms with Gasteiger partial charge in [0, 0.05) is 5.56 Å². The number of carbonyl (C=O) groups excluding carboxylic acids is 2. The first-order valence-corrected chi connectivity index (χ1v) is 9.02. The molecule has 3 rings (SSSR count). The molecule has 0 spiro atoms. The van der Waals surface area contributed by atoms with Gasteiger partial charge in [-0.1, -0.05) is 61.9 Å². The third-order valence-electron chi connectivity index (χ3n) is 4.67. The first-order valence-electron chi connectivity index (χ1n) is 9.02. The summed E-state index contributed by atoms with van der Waals surface area (Å²) in [6, 6.07) is 16.6. The first-order chi connectivity index (χ1) is 12.6. The molecule has 1 saturated heterocycles. The lowest BCUT2D eigenvalue weighted by molar-refractivity contribution is -0.132. The molecule has 26 heavy (non-hydrogen) atoms. The van der Waals surface area contributed by atoms with Crippen molar-refractivity contribution in [3.8, 4) is 5.75 Å². The molecule has 0 bridgehead atoms. The number of benzene rings is 2. The monoisotopic (exact) mass is 352 g/mol. The summed E-state index contributed by atoms with van der Waals surface area (Å²) in [5, 5.41) is 2.95. The molecule has 5 heteroatoms. The van der Waals surface area contributed by atoms with E-state index in [2.05, 4.69) is 5.32 Å². The largest absolute Gasteiger partial charge is 0.494 e. The molecule has 0 saturated carbocycles. The molecule has 0 unspecified atom stereocenters. The van der Waals surface area contributed by atoms with E-state index in [1.807, 2.05) is 68.4 Å². The summed E-state index contributed by atoms with van der Waals surface area (Å²) in [4.78, 5) is 27.3. The quantitative estimate of drug-likeness (QED) is 0.771. The van der Waals surface area contributed by atoms with Gasteiger partial charge in [-0.05, 0) is 25.0 Å². The maximum absolute atomic E-state index is 13.3. The fraction of sp³-hybridized carbons (Fsp3) is 0.333. The number of ether oxygens (including phenoxy) is 1. The molecule has 1 N–H and O–H groups in total. The molecule has 3 amide bonds. The van der Waals surface area contributed by atoms with Crippen molar-refractivity contribution in [1.82, 2.24) is 10.2 Å². The standard InChI is InChI=1S/C21H24N2O3/c1-3-14-21(17-11-6-5-7-12-17)19(24)23(20(25)22-21)15-16-10-8-9-13-18(16)26-4-2/h5-13H,3-4,14-15H2,1-2H3,(H,22,25)/t21-/m0/s1. The van der Waals surface area contributed by atoms with Crippen LogP contribution in [0.5, 0.6) is 5.75 Å². The fourth-order valence-electron chi connectivity index (χ4n) is 3.48. The summed E-state index contributed by atoms with van der Waals surface area (Å²) in [6.07, 6.45) is 1.34. The zero-order chi connectivity index (χ0) is 18.6. The molecule has 0 aromatic heterocycles. The molecule has 1 heterocycles. The van der Waals surface area contributed by atoms with Crippen molar-refractivity contribution in [2.24, 2.45) is 0 Å². The van der Waals surface area contributed by atoms with Crippen molar-refractivity contribution in [3.05, 3.63) is 65.7 Å². The second-order valence-corrected chi connectivity index (χ2v) is 6.38. The fourth-order valence-corrected chi connectivity index (χ4v) is 3.48. The normalized spacial score (nSPS) is 19.5. The van der Waals surface area contributed by atoms with Crippen LogP contribution in [0.1, 0.15) is 37.8 Å². The van der Waals surface area contributed by atoms with Crippen LogP contribution >= 0.6 is 0 Å². The first kappa shape index (κ1) is 18.0. The molecule has 1 aliphatic heterocycles. The lowest BCUT2D eigenvalue weighted by Crippen LogP contribution is -2.43. The number of amides is 3. The van der Waals surface area contributed by atoms with Gasteiger partial charge in [0.05, 0.1) is 13.2 Å². The van der Waals surface area contributed by atoms with E-state index in [9.17, 15) is 9.59 Å². The lowest BCUT2D eigenvalue weighted by Gasteiger charge is -2.27. The van der Waals surface area contributed by atoms with E-state index in [0.29, 0.717) is 18.8 Å². The Kier molecular flexibility index (Phi) is 5.26.